The molecule has 2 nitrogen and oxygen atoms in total. The van der Waals surface area contributed by atoms with E-state index in [1.807, 2.05) is 0 Å². The van der Waals surface area contributed by atoms with E-state index >= 15 is 0 Å². The lowest BCUT2D eigenvalue weighted by atomic mass is 10.2. The summed E-state index contributed by atoms with van der Waals surface area (Å²) in [7, 11) is 0. The van der Waals surface area contributed by atoms with Gasteiger partial charge in [0.25, 0.3) is 0 Å². The number of rotatable bonds is 5. The number of nitrogens with zero attached hydrogens (tertiary/aromatic N) is 1. The lowest BCUT2D eigenvalue weighted by molar-refractivity contribution is 0.240. The highest BCUT2D eigenvalue weighted by Crippen LogP contribution is 2.34. The molecule has 1 saturated heterocycles. The number of hydrogen-bond acceptors (Lipinski definition) is 3. The molecule has 1 heterocycles. The second-order valence-corrected chi connectivity index (χ2v) is 7.54. The van der Waals surface area contributed by atoms with Crippen molar-refractivity contribution < 1.29 is 0 Å². The highest BCUT2D eigenvalue weighted by molar-refractivity contribution is 7.99. The zero-order valence-electron chi connectivity index (χ0n) is 11.0. The van der Waals surface area contributed by atoms with Gasteiger partial charge in [-0.05, 0) is 44.3 Å². The van der Waals surface area contributed by atoms with Gasteiger partial charge in [-0.1, -0.05) is 6.92 Å². The van der Waals surface area contributed by atoms with Gasteiger partial charge in [0, 0.05) is 36.5 Å². The number of thioether (sulfide) groups is 1. The minimum Gasteiger partial charge on any atom is -0.310 e. The predicted molar refractivity (Wildman–Crippen MR) is 75.7 cm³/mol. The van der Waals surface area contributed by atoms with E-state index in [0.29, 0.717) is 0 Å². The summed E-state index contributed by atoms with van der Waals surface area (Å²) in [6.45, 7) is 4.96. The monoisotopic (exact) mass is 254 g/mol. The Kier molecular flexibility index (Phi) is 3.98. The van der Waals surface area contributed by atoms with E-state index in [9.17, 15) is 0 Å². The maximum absolute atomic E-state index is 3.80. The van der Waals surface area contributed by atoms with Crippen molar-refractivity contribution in [3.8, 4) is 0 Å². The highest BCUT2D eigenvalue weighted by Gasteiger charge is 2.35. The summed E-state index contributed by atoms with van der Waals surface area (Å²) in [4.78, 5) is 2.77. The van der Waals surface area contributed by atoms with Crippen LogP contribution in [-0.2, 0) is 0 Å². The Morgan fingerprint density at radius 1 is 1.12 bits per heavy atom. The first-order valence-electron chi connectivity index (χ1n) is 7.47. The van der Waals surface area contributed by atoms with Crippen LogP contribution >= 0.6 is 11.8 Å². The van der Waals surface area contributed by atoms with Gasteiger partial charge in [-0.25, -0.2) is 0 Å². The van der Waals surface area contributed by atoms with Crippen molar-refractivity contribution in [1.29, 1.82) is 0 Å². The first-order chi connectivity index (χ1) is 8.35. The topological polar surface area (TPSA) is 15.3 Å². The van der Waals surface area contributed by atoms with Crippen LogP contribution < -0.4 is 5.32 Å². The Hall–Kier alpha value is 0.270. The van der Waals surface area contributed by atoms with Crippen LogP contribution in [0.5, 0.6) is 0 Å². The zero-order valence-corrected chi connectivity index (χ0v) is 11.8. The Labute approximate surface area is 110 Å². The first-order valence-corrected chi connectivity index (χ1v) is 8.51. The zero-order chi connectivity index (χ0) is 11.7. The fourth-order valence-electron chi connectivity index (χ4n) is 3.47. The average Bonchev–Trinajstić information content (AvgIpc) is 2.82. The van der Waals surface area contributed by atoms with E-state index in [-0.39, 0.29) is 0 Å². The Morgan fingerprint density at radius 3 is 2.76 bits per heavy atom. The van der Waals surface area contributed by atoms with Gasteiger partial charge >= 0.3 is 0 Å². The molecule has 0 radical (unpaired) electrons. The molecule has 0 bridgehead atoms. The molecular formula is C14H26N2S. The smallest absolute Gasteiger partial charge is 0.0209 e. The van der Waals surface area contributed by atoms with Crippen LogP contribution in [0.3, 0.4) is 0 Å². The lowest BCUT2D eigenvalue weighted by Gasteiger charge is -2.24. The van der Waals surface area contributed by atoms with Gasteiger partial charge in [0.1, 0.15) is 0 Å². The normalized spacial score (nSPS) is 39.0. The summed E-state index contributed by atoms with van der Waals surface area (Å²) in [6.07, 6.45) is 8.60. The van der Waals surface area contributed by atoms with Gasteiger partial charge < -0.3 is 5.32 Å². The third kappa shape index (κ3) is 3.18. The standard InChI is InChI=1S/C14H26N2S/c1-2-17-14-6-5-13(9-14)16-8-7-12(10-16)15-11-3-4-11/h11-15H,2-10H2,1H3. The van der Waals surface area contributed by atoms with Crippen LogP contribution in [0.25, 0.3) is 0 Å². The molecule has 1 N–H and O–H groups in total. The van der Waals surface area contributed by atoms with Crippen molar-refractivity contribution in [3.05, 3.63) is 0 Å². The highest BCUT2D eigenvalue weighted by atomic mass is 32.2. The van der Waals surface area contributed by atoms with E-state index in [0.717, 1.165) is 23.4 Å². The second-order valence-electron chi connectivity index (χ2n) is 5.97. The summed E-state index contributed by atoms with van der Waals surface area (Å²) in [5, 5.41) is 4.75. The van der Waals surface area contributed by atoms with E-state index in [1.165, 1.54) is 57.4 Å². The first kappa shape index (κ1) is 12.3. The summed E-state index contributed by atoms with van der Waals surface area (Å²) < 4.78 is 0. The van der Waals surface area contributed by atoms with Crippen molar-refractivity contribution in [1.82, 2.24) is 10.2 Å². The van der Waals surface area contributed by atoms with Gasteiger partial charge in [0.15, 0.2) is 0 Å². The molecule has 17 heavy (non-hydrogen) atoms. The third-order valence-electron chi connectivity index (χ3n) is 4.54. The fraction of sp³-hybridized carbons (Fsp3) is 1.00. The van der Waals surface area contributed by atoms with Crippen LogP contribution in [0, 0.1) is 0 Å². The molecule has 2 aliphatic carbocycles. The van der Waals surface area contributed by atoms with Crippen LogP contribution in [0.15, 0.2) is 0 Å². The molecular weight excluding hydrogens is 228 g/mol. The van der Waals surface area contributed by atoms with Crippen LogP contribution in [0.1, 0.15) is 45.4 Å². The Bertz CT molecular complexity index is 255. The van der Waals surface area contributed by atoms with Crippen molar-refractivity contribution in [2.45, 2.75) is 68.8 Å². The molecule has 3 atom stereocenters. The molecule has 3 unspecified atom stereocenters. The number of likely N-dealkylation sites (tertiary alicyclic amines) is 1. The summed E-state index contributed by atoms with van der Waals surface area (Å²) in [6, 6.07) is 2.59. The van der Waals surface area contributed by atoms with Crippen LogP contribution in [0.2, 0.25) is 0 Å². The molecule has 98 valence electrons. The Balaban J connectivity index is 1.43. The fourth-order valence-corrected chi connectivity index (χ4v) is 4.61. The number of nitrogens with one attached hydrogen (secondary N) is 1. The average molecular weight is 254 g/mol. The predicted octanol–water partition coefficient (Wildman–Crippen LogP) is 2.49. The molecule has 0 aromatic heterocycles. The van der Waals surface area contributed by atoms with Crippen molar-refractivity contribution >= 4 is 11.8 Å². The third-order valence-corrected chi connectivity index (χ3v) is 5.78. The summed E-state index contributed by atoms with van der Waals surface area (Å²) in [5.41, 5.74) is 0. The van der Waals surface area contributed by atoms with Crippen molar-refractivity contribution in [2.75, 3.05) is 18.8 Å². The molecule has 3 fully saturated rings. The molecule has 0 aromatic rings. The van der Waals surface area contributed by atoms with Crippen LogP contribution in [-0.4, -0.2) is 47.1 Å². The second kappa shape index (κ2) is 5.50. The van der Waals surface area contributed by atoms with Gasteiger partial charge in [0.2, 0.25) is 0 Å². The lowest BCUT2D eigenvalue weighted by Crippen LogP contribution is -2.37. The maximum atomic E-state index is 3.80. The van der Waals surface area contributed by atoms with Crippen molar-refractivity contribution in [2.24, 2.45) is 0 Å². The number of hydrogen-bond donors (Lipinski definition) is 1. The molecule has 3 aliphatic rings. The van der Waals surface area contributed by atoms with E-state index in [4.69, 9.17) is 0 Å². The van der Waals surface area contributed by atoms with E-state index < -0.39 is 0 Å². The van der Waals surface area contributed by atoms with Gasteiger partial charge in [0.05, 0.1) is 0 Å². The molecule has 0 aromatic carbocycles. The molecule has 0 spiro atoms. The SMILES string of the molecule is CCSC1CCC(N2CCC(NC3CC3)C2)C1. The molecule has 1 aliphatic heterocycles. The minimum absolute atomic E-state index is 0.806. The summed E-state index contributed by atoms with van der Waals surface area (Å²) >= 11 is 2.18. The van der Waals surface area contributed by atoms with E-state index in [2.05, 4.69) is 28.9 Å². The van der Waals surface area contributed by atoms with Crippen LogP contribution in [0.4, 0.5) is 0 Å². The Morgan fingerprint density at radius 2 is 2.00 bits per heavy atom. The largest absolute Gasteiger partial charge is 0.310 e. The van der Waals surface area contributed by atoms with E-state index in [1.54, 1.807) is 0 Å². The maximum Gasteiger partial charge on any atom is 0.0209 e. The summed E-state index contributed by atoms with van der Waals surface area (Å²) in [5.74, 6) is 1.29. The molecule has 0 amide bonds. The van der Waals surface area contributed by atoms with Gasteiger partial charge in [-0.3, -0.25) is 4.90 Å². The van der Waals surface area contributed by atoms with Gasteiger partial charge in [-0.15, -0.1) is 0 Å². The van der Waals surface area contributed by atoms with Crippen molar-refractivity contribution in [3.63, 3.8) is 0 Å². The molecule has 2 saturated carbocycles. The van der Waals surface area contributed by atoms with Gasteiger partial charge in [-0.2, -0.15) is 11.8 Å². The molecule has 3 heteroatoms. The quantitative estimate of drug-likeness (QED) is 0.811. The molecule has 3 rings (SSSR count). The minimum atomic E-state index is 0.806.